The number of rotatable bonds is 5. The van der Waals surface area contributed by atoms with Crippen LogP contribution in [-0.2, 0) is 4.79 Å². The summed E-state index contributed by atoms with van der Waals surface area (Å²) in [6.45, 7) is 4.46. The van der Waals surface area contributed by atoms with Gasteiger partial charge in [0, 0.05) is 11.6 Å². The Balaban J connectivity index is 0.00000200. The van der Waals surface area contributed by atoms with Gasteiger partial charge in [0.1, 0.15) is 5.75 Å². The second-order valence-corrected chi connectivity index (χ2v) is 5.26. The summed E-state index contributed by atoms with van der Waals surface area (Å²) in [4.78, 5) is 11.9. The van der Waals surface area contributed by atoms with E-state index in [0.717, 1.165) is 19.5 Å². The first-order chi connectivity index (χ1) is 9.15. The third kappa shape index (κ3) is 5.19. The van der Waals surface area contributed by atoms with Gasteiger partial charge in [-0.05, 0) is 50.6 Å². The zero-order valence-electron chi connectivity index (χ0n) is 11.4. The number of carbonyl (C=O) groups is 1. The van der Waals surface area contributed by atoms with E-state index in [9.17, 15) is 4.79 Å². The van der Waals surface area contributed by atoms with E-state index in [1.54, 1.807) is 31.2 Å². The average molecular weight is 319 g/mol. The lowest BCUT2D eigenvalue weighted by atomic mass is 10.1. The molecular weight excluding hydrogens is 299 g/mol. The van der Waals surface area contributed by atoms with Gasteiger partial charge in [0.15, 0.2) is 6.10 Å². The van der Waals surface area contributed by atoms with Gasteiger partial charge in [-0.1, -0.05) is 17.7 Å². The maximum atomic E-state index is 11.9. The number of hydrogen-bond acceptors (Lipinski definition) is 3. The first-order valence-corrected chi connectivity index (χ1v) is 6.93. The van der Waals surface area contributed by atoms with Gasteiger partial charge in [0.2, 0.25) is 0 Å². The smallest absolute Gasteiger partial charge is 0.260 e. The Kier molecular flexibility index (Phi) is 7.13. The number of carbonyl (C=O) groups excluding carboxylic acids is 1. The molecule has 112 valence electrons. The number of amides is 1. The van der Waals surface area contributed by atoms with E-state index in [-0.39, 0.29) is 18.3 Å². The monoisotopic (exact) mass is 318 g/mol. The maximum Gasteiger partial charge on any atom is 0.260 e. The van der Waals surface area contributed by atoms with Crippen LogP contribution in [0.3, 0.4) is 0 Å². The summed E-state index contributed by atoms with van der Waals surface area (Å²) < 4.78 is 5.56. The number of benzene rings is 1. The minimum atomic E-state index is -0.521. The summed E-state index contributed by atoms with van der Waals surface area (Å²) in [5.74, 6) is 1.05. The van der Waals surface area contributed by atoms with Crippen molar-refractivity contribution in [3.8, 4) is 5.75 Å². The van der Waals surface area contributed by atoms with Gasteiger partial charge in [0.05, 0.1) is 0 Å². The minimum Gasteiger partial charge on any atom is -0.481 e. The lowest BCUT2D eigenvalue weighted by molar-refractivity contribution is -0.127. The van der Waals surface area contributed by atoms with Crippen molar-refractivity contribution >= 4 is 29.9 Å². The second-order valence-electron chi connectivity index (χ2n) is 4.82. The van der Waals surface area contributed by atoms with E-state index >= 15 is 0 Å². The minimum absolute atomic E-state index is 0. The highest BCUT2D eigenvalue weighted by atomic mass is 35.5. The molecule has 0 radical (unpaired) electrons. The van der Waals surface area contributed by atoms with Gasteiger partial charge in [-0.15, -0.1) is 12.4 Å². The number of halogens is 2. The van der Waals surface area contributed by atoms with Crippen LogP contribution in [0.15, 0.2) is 24.3 Å². The van der Waals surface area contributed by atoms with Crippen LogP contribution < -0.4 is 15.4 Å². The fourth-order valence-electron chi connectivity index (χ4n) is 2.08. The number of hydrogen-bond donors (Lipinski definition) is 2. The van der Waals surface area contributed by atoms with Crippen molar-refractivity contribution in [1.82, 2.24) is 10.6 Å². The molecule has 1 amide bonds. The summed E-state index contributed by atoms with van der Waals surface area (Å²) in [6.07, 6.45) is 0.594. The molecule has 0 saturated carbocycles. The van der Waals surface area contributed by atoms with Crippen LogP contribution in [0.25, 0.3) is 0 Å². The van der Waals surface area contributed by atoms with Gasteiger partial charge in [-0.25, -0.2) is 0 Å². The molecule has 0 aliphatic carbocycles. The Morgan fingerprint density at radius 1 is 1.60 bits per heavy atom. The molecule has 1 saturated heterocycles. The zero-order valence-corrected chi connectivity index (χ0v) is 13.0. The molecule has 1 aliphatic rings. The van der Waals surface area contributed by atoms with Crippen LogP contribution in [0.4, 0.5) is 0 Å². The van der Waals surface area contributed by atoms with Gasteiger partial charge < -0.3 is 15.4 Å². The average Bonchev–Trinajstić information content (AvgIpc) is 2.89. The Bertz CT molecular complexity index is 437. The van der Waals surface area contributed by atoms with Gasteiger partial charge in [-0.3, -0.25) is 4.79 Å². The normalized spacial score (nSPS) is 19.0. The van der Waals surface area contributed by atoms with Gasteiger partial charge >= 0.3 is 0 Å². The molecular formula is C14H20Cl2N2O2. The fourth-order valence-corrected chi connectivity index (χ4v) is 2.26. The van der Waals surface area contributed by atoms with Crippen molar-refractivity contribution < 1.29 is 9.53 Å². The molecule has 2 unspecified atom stereocenters. The first-order valence-electron chi connectivity index (χ1n) is 6.56. The highest BCUT2D eigenvalue weighted by Crippen LogP contribution is 2.18. The van der Waals surface area contributed by atoms with Crippen molar-refractivity contribution in [2.24, 2.45) is 5.92 Å². The van der Waals surface area contributed by atoms with Crippen molar-refractivity contribution in [2.75, 3.05) is 19.6 Å². The molecule has 0 bridgehead atoms. The molecule has 0 aromatic heterocycles. The predicted octanol–water partition coefficient (Wildman–Crippen LogP) is 2.25. The molecule has 20 heavy (non-hydrogen) atoms. The van der Waals surface area contributed by atoms with Gasteiger partial charge in [-0.2, -0.15) is 0 Å². The third-order valence-electron chi connectivity index (χ3n) is 3.21. The maximum absolute atomic E-state index is 11.9. The predicted molar refractivity (Wildman–Crippen MR) is 82.8 cm³/mol. The number of nitrogens with one attached hydrogen (secondary N) is 2. The lowest BCUT2D eigenvalue weighted by Gasteiger charge is -2.16. The fraction of sp³-hybridized carbons (Fsp3) is 0.500. The molecule has 1 aromatic rings. The van der Waals surface area contributed by atoms with Crippen LogP contribution in [0.2, 0.25) is 5.02 Å². The largest absolute Gasteiger partial charge is 0.481 e. The summed E-state index contributed by atoms with van der Waals surface area (Å²) in [7, 11) is 0. The summed E-state index contributed by atoms with van der Waals surface area (Å²) in [5.41, 5.74) is 0. The van der Waals surface area contributed by atoms with Crippen LogP contribution >= 0.6 is 24.0 Å². The molecule has 2 rings (SSSR count). The van der Waals surface area contributed by atoms with E-state index in [0.29, 0.717) is 23.2 Å². The van der Waals surface area contributed by atoms with Crippen molar-refractivity contribution in [3.05, 3.63) is 29.3 Å². The highest BCUT2D eigenvalue weighted by molar-refractivity contribution is 6.30. The van der Waals surface area contributed by atoms with Crippen molar-refractivity contribution in [2.45, 2.75) is 19.4 Å². The summed E-state index contributed by atoms with van der Waals surface area (Å²) >= 11 is 5.87. The standard InChI is InChI=1S/C14H19ClN2O2.ClH/c1-10(19-13-4-2-3-12(15)7-13)14(18)17-9-11-5-6-16-8-11;/h2-4,7,10-11,16H,5-6,8-9H2,1H3,(H,17,18);1H. The van der Waals surface area contributed by atoms with Crippen molar-refractivity contribution in [3.63, 3.8) is 0 Å². The summed E-state index contributed by atoms with van der Waals surface area (Å²) in [5, 5.41) is 6.80. The van der Waals surface area contributed by atoms with E-state index in [4.69, 9.17) is 16.3 Å². The zero-order chi connectivity index (χ0) is 13.7. The van der Waals surface area contributed by atoms with Gasteiger partial charge in [0.25, 0.3) is 5.91 Å². The highest BCUT2D eigenvalue weighted by Gasteiger charge is 2.18. The SMILES string of the molecule is CC(Oc1cccc(Cl)c1)C(=O)NCC1CCNC1.Cl. The molecule has 6 heteroatoms. The molecule has 4 nitrogen and oxygen atoms in total. The Morgan fingerprint density at radius 2 is 2.40 bits per heavy atom. The van der Waals surface area contributed by atoms with Crippen molar-refractivity contribution in [1.29, 1.82) is 0 Å². The third-order valence-corrected chi connectivity index (χ3v) is 3.44. The Labute approximate surface area is 130 Å². The van der Waals surface area contributed by atoms with E-state index in [2.05, 4.69) is 10.6 Å². The van der Waals surface area contributed by atoms with Crippen LogP contribution in [0.1, 0.15) is 13.3 Å². The van der Waals surface area contributed by atoms with E-state index < -0.39 is 6.10 Å². The second kappa shape index (κ2) is 8.35. The molecule has 2 N–H and O–H groups in total. The molecule has 1 fully saturated rings. The van der Waals surface area contributed by atoms with Crippen LogP contribution in [0, 0.1) is 5.92 Å². The quantitative estimate of drug-likeness (QED) is 0.875. The Morgan fingerprint density at radius 3 is 3.05 bits per heavy atom. The molecule has 1 aliphatic heterocycles. The topological polar surface area (TPSA) is 50.4 Å². The molecule has 1 heterocycles. The lowest BCUT2D eigenvalue weighted by Crippen LogP contribution is -2.39. The summed E-state index contributed by atoms with van der Waals surface area (Å²) in [6, 6.07) is 7.06. The van der Waals surface area contributed by atoms with E-state index in [1.165, 1.54) is 0 Å². The first kappa shape index (κ1) is 17.1. The van der Waals surface area contributed by atoms with Crippen LogP contribution in [0.5, 0.6) is 5.75 Å². The van der Waals surface area contributed by atoms with Crippen LogP contribution in [-0.4, -0.2) is 31.6 Å². The molecule has 0 spiro atoms. The molecule has 1 aromatic carbocycles. The van der Waals surface area contributed by atoms with E-state index in [1.807, 2.05) is 0 Å². The molecule has 2 atom stereocenters. The Hall–Kier alpha value is -0.970. The number of ether oxygens (including phenoxy) is 1.